The lowest BCUT2D eigenvalue weighted by Crippen LogP contribution is -1.91. The number of rotatable bonds is 2. The maximum absolute atomic E-state index is 9.19. The molecule has 0 spiro atoms. The Bertz CT molecular complexity index is 453. The first-order chi connectivity index (χ1) is 7.16. The van der Waals surface area contributed by atoms with Gasteiger partial charge in [0.25, 0.3) is 5.89 Å². The molecule has 78 valence electrons. The van der Waals surface area contributed by atoms with Gasteiger partial charge in [0.05, 0.1) is 5.02 Å². The predicted molar refractivity (Wildman–Crippen MR) is 53.2 cm³/mol. The van der Waals surface area contributed by atoms with E-state index < -0.39 is 6.10 Å². The topological polar surface area (TPSA) is 72.0 Å². The van der Waals surface area contributed by atoms with Crippen molar-refractivity contribution >= 4 is 11.6 Å². The highest BCUT2D eigenvalue weighted by molar-refractivity contribution is 6.30. The van der Waals surface area contributed by atoms with Crippen LogP contribution in [0.4, 0.5) is 0 Å². The second-order valence-corrected chi connectivity index (χ2v) is 3.43. The van der Waals surface area contributed by atoms with Crippen LogP contribution in [0.15, 0.2) is 22.9 Å². The van der Waals surface area contributed by atoms with Gasteiger partial charge in [-0.1, -0.05) is 16.8 Å². The van der Waals surface area contributed by atoms with Crippen LogP contribution in [0, 0.1) is 0 Å². The summed E-state index contributed by atoms with van der Waals surface area (Å²) in [6.07, 6.45) is 0.716. The summed E-state index contributed by atoms with van der Waals surface area (Å²) < 4.78 is 4.83. The highest BCUT2D eigenvalue weighted by Crippen LogP contribution is 2.17. The molecule has 2 aromatic heterocycles. The van der Waals surface area contributed by atoms with Crippen molar-refractivity contribution in [3.63, 3.8) is 0 Å². The van der Waals surface area contributed by atoms with Gasteiger partial charge in [0.2, 0.25) is 5.82 Å². The van der Waals surface area contributed by atoms with Crippen LogP contribution in [-0.2, 0) is 0 Å². The molecule has 6 heteroatoms. The van der Waals surface area contributed by atoms with Crippen LogP contribution in [-0.4, -0.2) is 20.2 Å². The normalized spacial score (nSPS) is 12.7. The maximum atomic E-state index is 9.19. The van der Waals surface area contributed by atoms with Gasteiger partial charge in [0.1, 0.15) is 11.8 Å². The minimum atomic E-state index is -0.779. The number of aliphatic hydroxyl groups is 1. The van der Waals surface area contributed by atoms with Crippen molar-refractivity contribution in [3.8, 4) is 11.5 Å². The van der Waals surface area contributed by atoms with Crippen molar-refractivity contribution < 1.29 is 9.63 Å². The minimum Gasteiger partial charge on any atom is -0.384 e. The van der Waals surface area contributed by atoms with Crippen molar-refractivity contribution in [1.29, 1.82) is 0 Å². The van der Waals surface area contributed by atoms with E-state index in [1.165, 1.54) is 6.20 Å². The Labute approximate surface area is 90.7 Å². The third-order valence-corrected chi connectivity index (χ3v) is 1.98. The van der Waals surface area contributed by atoms with Crippen LogP contribution in [0.1, 0.15) is 18.9 Å². The van der Waals surface area contributed by atoms with Crippen LogP contribution in [0.2, 0.25) is 5.02 Å². The summed E-state index contributed by atoms with van der Waals surface area (Å²) in [4.78, 5) is 8.00. The highest BCUT2D eigenvalue weighted by Gasteiger charge is 2.12. The Morgan fingerprint density at radius 2 is 2.27 bits per heavy atom. The number of hydrogen-bond acceptors (Lipinski definition) is 5. The molecule has 0 radical (unpaired) electrons. The van der Waals surface area contributed by atoms with E-state index in [4.69, 9.17) is 16.1 Å². The van der Waals surface area contributed by atoms with Gasteiger partial charge in [0.15, 0.2) is 0 Å². The lowest BCUT2D eigenvalue weighted by Gasteiger charge is -1.93. The molecule has 0 amide bonds. The number of pyridine rings is 1. The molecule has 0 saturated carbocycles. The van der Waals surface area contributed by atoms with Crippen LogP contribution >= 0.6 is 11.6 Å². The molecule has 0 aliphatic rings. The molecule has 2 aromatic rings. The van der Waals surface area contributed by atoms with Gasteiger partial charge in [-0.05, 0) is 19.1 Å². The molecular weight excluding hydrogens is 218 g/mol. The zero-order chi connectivity index (χ0) is 10.8. The molecule has 0 unspecified atom stereocenters. The first-order valence-corrected chi connectivity index (χ1v) is 4.68. The van der Waals surface area contributed by atoms with E-state index in [0.717, 1.165) is 0 Å². The van der Waals surface area contributed by atoms with E-state index >= 15 is 0 Å². The standard InChI is InChI=1S/C9H8ClN3O2/c1-5(14)9-12-8(13-15-9)7-3-2-6(10)4-11-7/h2-5,14H,1H3/t5-/m0/s1. The van der Waals surface area contributed by atoms with Crippen LogP contribution in [0.3, 0.4) is 0 Å². The Kier molecular flexibility index (Phi) is 2.66. The fourth-order valence-corrected chi connectivity index (χ4v) is 1.13. The summed E-state index contributed by atoms with van der Waals surface area (Å²) >= 11 is 5.69. The Balaban J connectivity index is 2.33. The molecule has 15 heavy (non-hydrogen) atoms. The lowest BCUT2D eigenvalue weighted by atomic mass is 10.3. The fraction of sp³-hybridized carbons (Fsp3) is 0.222. The summed E-state index contributed by atoms with van der Waals surface area (Å²) in [5.41, 5.74) is 0.551. The van der Waals surface area contributed by atoms with E-state index in [0.29, 0.717) is 16.5 Å². The summed E-state index contributed by atoms with van der Waals surface area (Å²) in [7, 11) is 0. The maximum Gasteiger partial charge on any atom is 0.255 e. The molecule has 0 fully saturated rings. The zero-order valence-corrected chi connectivity index (χ0v) is 8.64. The van der Waals surface area contributed by atoms with Crippen LogP contribution < -0.4 is 0 Å². The van der Waals surface area contributed by atoms with Crippen LogP contribution in [0.25, 0.3) is 11.5 Å². The van der Waals surface area contributed by atoms with E-state index in [2.05, 4.69) is 15.1 Å². The summed E-state index contributed by atoms with van der Waals surface area (Å²) in [6.45, 7) is 1.55. The van der Waals surface area contributed by atoms with E-state index in [9.17, 15) is 5.11 Å². The summed E-state index contributed by atoms with van der Waals surface area (Å²) in [6, 6.07) is 3.36. The smallest absolute Gasteiger partial charge is 0.255 e. The number of aromatic nitrogens is 3. The van der Waals surface area contributed by atoms with Gasteiger partial charge >= 0.3 is 0 Å². The molecule has 1 N–H and O–H groups in total. The van der Waals surface area contributed by atoms with Crippen LogP contribution in [0.5, 0.6) is 0 Å². The highest BCUT2D eigenvalue weighted by atomic mass is 35.5. The van der Waals surface area contributed by atoms with Gasteiger partial charge in [-0.15, -0.1) is 0 Å². The molecule has 0 aromatic carbocycles. The SMILES string of the molecule is C[C@H](O)c1nc(-c2ccc(Cl)cn2)no1. The van der Waals surface area contributed by atoms with Gasteiger partial charge in [0, 0.05) is 6.20 Å². The molecular formula is C9H8ClN3O2. The first-order valence-electron chi connectivity index (χ1n) is 4.30. The Hall–Kier alpha value is -1.46. The molecule has 0 saturated heterocycles. The number of halogens is 1. The van der Waals surface area contributed by atoms with E-state index in [1.54, 1.807) is 19.1 Å². The fourth-order valence-electron chi connectivity index (χ4n) is 1.02. The quantitative estimate of drug-likeness (QED) is 0.844. The number of aliphatic hydroxyl groups excluding tert-OH is 1. The molecule has 0 aliphatic carbocycles. The average molecular weight is 226 g/mol. The van der Waals surface area contributed by atoms with Crippen molar-refractivity contribution in [2.45, 2.75) is 13.0 Å². The monoisotopic (exact) mass is 225 g/mol. The van der Waals surface area contributed by atoms with Gasteiger partial charge in [-0.2, -0.15) is 4.98 Å². The second-order valence-electron chi connectivity index (χ2n) is 2.99. The zero-order valence-electron chi connectivity index (χ0n) is 7.88. The molecule has 2 rings (SSSR count). The first kappa shape index (κ1) is 10.1. The molecule has 2 heterocycles. The minimum absolute atomic E-state index is 0.168. The Morgan fingerprint density at radius 3 is 2.80 bits per heavy atom. The van der Waals surface area contributed by atoms with E-state index in [1.807, 2.05) is 0 Å². The van der Waals surface area contributed by atoms with Crippen molar-refractivity contribution in [2.24, 2.45) is 0 Å². The number of nitrogens with zero attached hydrogens (tertiary/aromatic N) is 3. The molecule has 0 bridgehead atoms. The number of hydrogen-bond donors (Lipinski definition) is 1. The largest absolute Gasteiger partial charge is 0.384 e. The summed E-state index contributed by atoms with van der Waals surface area (Å²) in [5.74, 6) is 0.504. The van der Waals surface area contributed by atoms with E-state index in [-0.39, 0.29) is 5.89 Å². The molecule has 1 atom stereocenters. The Morgan fingerprint density at radius 1 is 1.47 bits per heavy atom. The third kappa shape index (κ3) is 2.14. The predicted octanol–water partition coefficient (Wildman–Crippen LogP) is 1.84. The van der Waals surface area contributed by atoms with Gasteiger partial charge < -0.3 is 9.63 Å². The summed E-state index contributed by atoms with van der Waals surface area (Å²) in [5, 5.41) is 13.4. The van der Waals surface area contributed by atoms with Crippen molar-refractivity contribution in [3.05, 3.63) is 29.2 Å². The van der Waals surface area contributed by atoms with Gasteiger partial charge in [-0.3, -0.25) is 4.98 Å². The second kappa shape index (κ2) is 3.96. The lowest BCUT2D eigenvalue weighted by molar-refractivity contribution is 0.152. The van der Waals surface area contributed by atoms with Crippen molar-refractivity contribution in [1.82, 2.24) is 15.1 Å². The third-order valence-electron chi connectivity index (χ3n) is 1.76. The van der Waals surface area contributed by atoms with Crippen molar-refractivity contribution in [2.75, 3.05) is 0 Å². The molecule has 0 aliphatic heterocycles. The van der Waals surface area contributed by atoms with Gasteiger partial charge in [-0.25, -0.2) is 0 Å². The molecule has 5 nitrogen and oxygen atoms in total. The average Bonchev–Trinajstić information content (AvgIpc) is 2.68.